The molecule has 0 aromatic heterocycles. The largest absolute Gasteiger partial charge is 0.480 e. The average molecular weight is 300 g/mol. The Bertz CT molecular complexity index is 461. The van der Waals surface area contributed by atoms with Crippen LogP contribution >= 0.6 is 23.4 Å². The number of nitrogens with zero attached hydrogens (tertiary/aromatic N) is 1. The van der Waals surface area contributed by atoms with E-state index in [1.807, 2.05) is 12.1 Å². The maximum absolute atomic E-state index is 11.9. The van der Waals surface area contributed by atoms with Crippen LogP contribution in [0.15, 0.2) is 41.8 Å². The van der Waals surface area contributed by atoms with Crippen molar-refractivity contribution < 1.29 is 14.7 Å². The van der Waals surface area contributed by atoms with Crippen LogP contribution < -0.4 is 0 Å². The summed E-state index contributed by atoms with van der Waals surface area (Å²) in [4.78, 5) is 24.7. The van der Waals surface area contributed by atoms with E-state index in [2.05, 4.69) is 6.58 Å². The molecule has 0 aliphatic carbocycles. The number of carboxylic acids is 1. The van der Waals surface area contributed by atoms with Crippen LogP contribution in [0.3, 0.4) is 0 Å². The summed E-state index contributed by atoms with van der Waals surface area (Å²) in [5.74, 6) is -1.09. The molecule has 102 valence electrons. The zero-order valence-corrected chi connectivity index (χ0v) is 11.8. The number of aliphatic carboxylic acids is 1. The van der Waals surface area contributed by atoms with Gasteiger partial charge in [-0.25, -0.2) is 0 Å². The van der Waals surface area contributed by atoms with Crippen LogP contribution in [0, 0.1) is 0 Å². The Labute approximate surface area is 121 Å². The summed E-state index contributed by atoms with van der Waals surface area (Å²) in [7, 11) is 0. The van der Waals surface area contributed by atoms with E-state index in [9.17, 15) is 9.59 Å². The molecule has 0 heterocycles. The molecule has 1 aromatic carbocycles. The third-order valence-corrected chi connectivity index (χ3v) is 3.45. The molecular weight excluding hydrogens is 286 g/mol. The predicted octanol–water partition coefficient (Wildman–Crippen LogP) is 2.53. The van der Waals surface area contributed by atoms with E-state index in [4.69, 9.17) is 16.7 Å². The van der Waals surface area contributed by atoms with Crippen LogP contribution in [-0.2, 0) is 9.59 Å². The van der Waals surface area contributed by atoms with Crippen LogP contribution in [0.1, 0.15) is 0 Å². The minimum absolute atomic E-state index is 0.183. The Hall–Kier alpha value is -1.46. The highest BCUT2D eigenvalue weighted by Crippen LogP contribution is 2.20. The number of benzene rings is 1. The van der Waals surface area contributed by atoms with Crippen molar-refractivity contribution in [3.05, 3.63) is 41.9 Å². The minimum Gasteiger partial charge on any atom is -0.480 e. The van der Waals surface area contributed by atoms with Gasteiger partial charge in [0.2, 0.25) is 5.91 Å². The molecule has 0 aliphatic heterocycles. The molecule has 0 unspecified atom stereocenters. The molecule has 1 rings (SSSR count). The highest BCUT2D eigenvalue weighted by Gasteiger charge is 2.15. The van der Waals surface area contributed by atoms with Crippen molar-refractivity contribution in [2.75, 3.05) is 18.8 Å². The summed E-state index contributed by atoms with van der Waals surface area (Å²) in [6.45, 7) is 3.42. The highest BCUT2D eigenvalue weighted by molar-refractivity contribution is 8.00. The SMILES string of the molecule is C=CCN(CC(=O)O)C(=O)CSc1ccc(Cl)cc1. The fourth-order valence-electron chi connectivity index (χ4n) is 1.34. The van der Waals surface area contributed by atoms with Gasteiger partial charge in [0, 0.05) is 16.5 Å². The summed E-state index contributed by atoms with van der Waals surface area (Å²) >= 11 is 7.10. The molecule has 0 atom stereocenters. The van der Waals surface area contributed by atoms with E-state index in [0.717, 1.165) is 4.90 Å². The fraction of sp³-hybridized carbons (Fsp3) is 0.231. The van der Waals surface area contributed by atoms with Crippen molar-refractivity contribution >= 4 is 35.2 Å². The molecule has 1 N–H and O–H groups in total. The highest BCUT2D eigenvalue weighted by atomic mass is 35.5. The summed E-state index contributed by atoms with van der Waals surface area (Å²) < 4.78 is 0. The Morgan fingerprint density at radius 2 is 2.00 bits per heavy atom. The van der Waals surface area contributed by atoms with Gasteiger partial charge in [-0.2, -0.15) is 0 Å². The van der Waals surface area contributed by atoms with Gasteiger partial charge in [-0.15, -0.1) is 18.3 Å². The molecule has 1 aromatic rings. The number of carboxylic acid groups (broad SMARTS) is 1. The maximum atomic E-state index is 11.9. The average Bonchev–Trinajstić information content (AvgIpc) is 2.37. The van der Waals surface area contributed by atoms with Crippen molar-refractivity contribution in [1.82, 2.24) is 4.90 Å². The monoisotopic (exact) mass is 299 g/mol. The second-order valence-corrected chi connectivity index (χ2v) is 5.18. The Morgan fingerprint density at radius 3 is 2.53 bits per heavy atom. The van der Waals surface area contributed by atoms with E-state index in [-0.39, 0.29) is 24.7 Å². The third-order valence-electron chi connectivity index (χ3n) is 2.20. The van der Waals surface area contributed by atoms with Gasteiger partial charge in [0.05, 0.1) is 5.75 Å². The van der Waals surface area contributed by atoms with Crippen LogP contribution in [0.2, 0.25) is 5.02 Å². The van der Waals surface area contributed by atoms with Gasteiger partial charge in [0.1, 0.15) is 6.54 Å². The molecule has 0 saturated carbocycles. The fourth-order valence-corrected chi connectivity index (χ4v) is 2.27. The van der Waals surface area contributed by atoms with Gasteiger partial charge >= 0.3 is 5.97 Å². The standard InChI is InChI=1S/C13H14ClNO3S/c1-2-7-15(8-13(17)18)12(16)9-19-11-5-3-10(14)4-6-11/h2-6H,1,7-9H2,(H,17,18). The Balaban J connectivity index is 2.54. The zero-order valence-electron chi connectivity index (χ0n) is 10.2. The molecule has 4 nitrogen and oxygen atoms in total. The topological polar surface area (TPSA) is 57.6 Å². The van der Waals surface area contributed by atoms with Crippen LogP contribution in [-0.4, -0.2) is 40.7 Å². The summed E-state index contributed by atoms with van der Waals surface area (Å²) in [6, 6.07) is 7.12. The van der Waals surface area contributed by atoms with Crippen LogP contribution in [0.4, 0.5) is 0 Å². The number of rotatable bonds is 7. The zero-order chi connectivity index (χ0) is 14.3. The molecule has 0 aliphatic rings. The molecule has 0 bridgehead atoms. The summed E-state index contributed by atoms with van der Waals surface area (Å²) in [6.07, 6.45) is 1.51. The first-order chi connectivity index (χ1) is 9.02. The van der Waals surface area contributed by atoms with E-state index in [1.165, 1.54) is 22.7 Å². The molecule has 0 fully saturated rings. The first kappa shape index (κ1) is 15.6. The molecule has 6 heteroatoms. The van der Waals surface area contributed by atoms with Crippen molar-refractivity contribution in [2.24, 2.45) is 0 Å². The molecule has 0 spiro atoms. The van der Waals surface area contributed by atoms with Crippen LogP contribution in [0.5, 0.6) is 0 Å². The first-order valence-electron chi connectivity index (χ1n) is 5.51. The number of amides is 1. The van der Waals surface area contributed by atoms with Crippen molar-refractivity contribution in [3.63, 3.8) is 0 Å². The number of hydrogen-bond acceptors (Lipinski definition) is 3. The van der Waals surface area contributed by atoms with Gasteiger partial charge in [-0.3, -0.25) is 9.59 Å². The quantitative estimate of drug-likeness (QED) is 0.621. The van der Waals surface area contributed by atoms with Gasteiger partial charge < -0.3 is 10.0 Å². The Kier molecular flexibility index (Phi) is 6.45. The van der Waals surface area contributed by atoms with Crippen LogP contribution in [0.25, 0.3) is 0 Å². The second-order valence-electron chi connectivity index (χ2n) is 3.70. The van der Waals surface area contributed by atoms with Crippen molar-refractivity contribution in [1.29, 1.82) is 0 Å². The van der Waals surface area contributed by atoms with E-state index in [0.29, 0.717) is 5.02 Å². The number of halogens is 1. The third kappa shape index (κ3) is 5.81. The molecule has 0 radical (unpaired) electrons. The minimum atomic E-state index is -1.04. The molecule has 0 saturated heterocycles. The molecule has 1 amide bonds. The van der Waals surface area contributed by atoms with Crippen molar-refractivity contribution in [3.8, 4) is 0 Å². The number of hydrogen-bond donors (Lipinski definition) is 1. The van der Waals surface area contributed by atoms with Gasteiger partial charge in [0.25, 0.3) is 0 Å². The van der Waals surface area contributed by atoms with Crippen molar-refractivity contribution in [2.45, 2.75) is 4.90 Å². The first-order valence-corrected chi connectivity index (χ1v) is 6.88. The predicted molar refractivity (Wildman–Crippen MR) is 76.6 cm³/mol. The summed E-state index contributed by atoms with van der Waals surface area (Å²) in [5, 5.41) is 9.36. The lowest BCUT2D eigenvalue weighted by Gasteiger charge is -2.18. The van der Waals surface area contributed by atoms with Gasteiger partial charge in [0.15, 0.2) is 0 Å². The maximum Gasteiger partial charge on any atom is 0.323 e. The van der Waals surface area contributed by atoms with Gasteiger partial charge in [-0.05, 0) is 24.3 Å². The van der Waals surface area contributed by atoms with E-state index >= 15 is 0 Å². The molecular formula is C13H14ClNO3S. The number of carbonyl (C=O) groups excluding carboxylic acids is 1. The smallest absolute Gasteiger partial charge is 0.323 e. The summed E-state index contributed by atoms with van der Waals surface area (Å²) in [5.41, 5.74) is 0. The lowest BCUT2D eigenvalue weighted by Crippen LogP contribution is -2.36. The Morgan fingerprint density at radius 1 is 1.37 bits per heavy atom. The lowest BCUT2D eigenvalue weighted by atomic mass is 10.4. The lowest BCUT2D eigenvalue weighted by molar-refractivity contribution is -0.143. The molecule has 19 heavy (non-hydrogen) atoms. The van der Waals surface area contributed by atoms with E-state index in [1.54, 1.807) is 12.1 Å². The number of thioether (sulfide) groups is 1. The number of carbonyl (C=O) groups is 2. The second kappa shape index (κ2) is 7.86. The van der Waals surface area contributed by atoms with E-state index < -0.39 is 5.97 Å². The van der Waals surface area contributed by atoms with Gasteiger partial charge in [-0.1, -0.05) is 17.7 Å². The normalized spacial score (nSPS) is 9.95.